The second-order valence-electron chi connectivity index (χ2n) is 1.40. The maximum atomic E-state index is 9.99. The van der Waals surface area contributed by atoms with E-state index in [1.54, 1.807) is 0 Å². The summed E-state index contributed by atoms with van der Waals surface area (Å²) in [6.45, 7) is 0. The third-order valence-electron chi connectivity index (χ3n) is 0.575. The van der Waals surface area contributed by atoms with E-state index in [-0.39, 0.29) is 11.5 Å². The maximum absolute atomic E-state index is 9.99. The molecule has 0 aliphatic carbocycles. The number of aliphatic hydroxyl groups excluding tert-OH is 1. The van der Waals surface area contributed by atoms with Gasteiger partial charge in [-0.2, -0.15) is 0 Å². The van der Waals surface area contributed by atoms with E-state index >= 15 is 0 Å². The molecule has 50 valence electrons. The molecule has 1 amide bonds. The van der Waals surface area contributed by atoms with Crippen LogP contribution in [0, 0.1) is 0 Å². The Labute approximate surface area is 58.2 Å². The number of thiocarbonyl (C=S) groups is 1. The van der Waals surface area contributed by atoms with Crippen molar-refractivity contribution in [3.8, 4) is 0 Å². The number of rotatable bonds is 3. The predicted octanol–water partition coefficient (Wildman–Crippen LogP) is 0.303. The smallest absolute Gasteiger partial charge is 0.241 e. The summed E-state index contributed by atoms with van der Waals surface area (Å²) in [6, 6.07) is 0. The van der Waals surface area contributed by atoms with Gasteiger partial charge >= 0.3 is 0 Å². The van der Waals surface area contributed by atoms with Crippen molar-refractivity contribution in [2.24, 2.45) is 5.73 Å². The lowest BCUT2D eigenvalue weighted by molar-refractivity contribution is -0.113. The highest BCUT2D eigenvalue weighted by Crippen LogP contribution is 1.83. The van der Waals surface area contributed by atoms with Gasteiger partial charge in [-0.05, 0) is 18.3 Å². The molecule has 0 atom stereocenters. The quantitative estimate of drug-likeness (QED) is 0.443. The Morgan fingerprint density at radius 1 is 1.78 bits per heavy atom. The van der Waals surface area contributed by atoms with Gasteiger partial charge in [0.15, 0.2) is 5.05 Å². The molecule has 0 radical (unpaired) electrons. The van der Waals surface area contributed by atoms with Gasteiger partial charge in [0.1, 0.15) is 0 Å². The van der Waals surface area contributed by atoms with Gasteiger partial charge in [-0.25, -0.2) is 0 Å². The van der Waals surface area contributed by atoms with Crippen LogP contribution >= 0.6 is 12.2 Å². The number of amides is 1. The molecule has 0 saturated heterocycles. The molecular formula is C5H7NO2S. The standard InChI is InChI=1S/C5H7NO2S/c6-4(7)2-1-3-5(8)9/h1-2H,3H2,(H2,6,7)(H,8,9)/b2-1-. The van der Waals surface area contributed by atoms with Crippen molar-refractivity contribution in [3.05, 3.63) is 12.2 Å². The molecule has 4 heteroatoms. The molecule has 9 heavy (non-hydrogen) atoms. The SMILES string of the molecule is NC(=O)/C=C\CC(O)=S. The van der Waals surface area contributed by atoms with Crippen molar-refractivity contribution in [1.82, 2.24) is 0 Å². The molecule has 0 unspecified atom stereocenters. The Bertz CT molecular complexity index is 153. The summed E-state index contributed by atoms with van der Waals surface area (Å²) in [5, 5.41) is 8.25. The fourth-order valence-corrected chi connectivity index (χ4v) is 0.372. The van der Waals surface area contributed by atoms with Crippen LogP contribution in [0.25, 0.3) is 0 Å². The Kier molecular flexibility index (Phi) is 3.62. The summed E-state index contributed by atoms with van der Waals surface area (Å²) < 4.78 is 0. The number of carbonyl (C=O) groups is 1. The molecule has 0 fully saturated rings. The number of carbonyl (C=O) groups excluding carboxylic acids is 1. The van der Waals surface area contributed by atoms with Gasteiger partial charge in [-0.3, -0.25) is 4.79 Å². The van der Waals surface area contributed by atoms with E-state index in [9.17, 15) is 4.79 Å². The first-order chi connectivity index (χ1) is 4.13. The fourth-order valence-electron chi connectivity index (χ4n) is 0.276. The van der Waals surface area contributed by atoms with Gasteiger partial charge in [0.2, 0.25) is 5.91 Å². The molecule has 0 aromatic rings. The summed E-state index contributed by atoms with van der Waals surface area (Å²) in [5.74, 6) is -0.536. The minimum atomic E-state index is -0.536. The highest BCUT2D eigenvalue weighted by Gasteiger charge is 1.85. The summed E-state index contributed by atoms with van der Waals surface area (Å²) in [4.78, 5) is 9.99. The topological polar surface area (TPSA) is 63.3 Å². The molecule has 0 aliphatic heterocycles. The van der Waals surface area contributed by atoms with Crippen LogP contribution in [0.5, 0.6) is 0 Å². The van der Waals surface area contributed by atoms with E-state index in [0.717, 1.165) is 6.08 Å². The Balaban J connectivity index is 3.48. The molecule has 0 aromatic heterocycles. The summed E-state index contributed by atoms with van der Waals surface area (Å²) >= 11 is 4.30. The van der Waals surface area contributed by atoms with Crippen molar-refractivity contribution >= 4 is 23.2 Å². The summed E-state index contributed by atoms with van der Waals surface area (Å²) in [6.07, 6.45) is 2.77. The highest BCUT2D eigenvalue weighted by atomic mass is 32.1. The van der Waals surface area contributed by atoms with E-state index in [2.05, 4.69) is 12.2 Å². The molecule has 0 rings (SSSR count). The highest BCUT2D eigenvalue weighted by molar-refractivity contribution is 7.80. The first-order valence-electron chi connectivity index (χ1n) is 2.30. The molecule has 3 nitrogen and oxygen atoms in total. The zero-order valence-corrected chi connectivity index (χ0v) is 5.52. The molecule has 0 aliphatic rings. The van der Waals surface area contributed by atoms with Gasteiger partial charge in [0.25, 0.3) is 0 Å². The average molecular weight is 145 g/mol. The monoisotopic (exact) mass is 145 g/mol. The lowest BCUT2D eigenvalue weighted by Gasteiger charge is -1.83. The molecule has 0 heterocycles. The van der Waals surface area contributed by atoms with Gasteiger partial charge in [-0.1, -0.05) is 6.08 Å². The van der Waals surface area contributed by atoms with Crippen LogP contribution < -0.4 is 5.73 Å². The first kappa shape index (κ1) is 8.10. The molecule has 3 N–H and O–H groups in total. The van der Waals surface area contributed by atoms with E-state index in [1.165, 1.54) is 6.08 Å². The third kappa shape index (κ3) is 7.10. The van der Waals surface area contributed by atoms with Crippen molar-refractivity contribution in [3.63, 3.8) is 0 Å². The molecule has 0 bridgehead atoms. The minimum absolute atomic E-state index is 0.146. The lowest BCUT2D eigenvalue weighted by atomic mass is 10.4. The van der Waals surface area contributed by atoms with Crippen LogP contribution in [0.1, 0.15) is 6.42 Å². The van der Waals surface area contributed by atoms with Crippen LogP contribution in [0.15, 0.2) is 12.2 Å². The van der Waals surface area contributed by atoms with E-state index < -0.39 is 5.91 Å². The lowest BCUT2D eigenvalue weighted by Crippen LogP contribution is -2.05. The number of hydrogen-bond donors (Lipinski definition) is 2. The molecule has 0 aromatic carbocycles. The second-order valence-corrected chi connectivity index (χ2v) is 1.87. The van der Waals surface area contributed by atoms with E-state index in [1.807, 2.05) is 0 Å². The minimum Gasteiger partial charge on any atom is -0.502 e. The van der Waals surface area contributed by atoms with Crippen molar-refractivity contribution < 1.29 is 9.90 Å². The van der Waals surface area contributed by atoms with Crippen LogP contribution in [-0.4, -0.2) is 16.1 Å². The normalized spacial score (nSPS) is 9.78. The zero-order valence-electron chi connectivity index (χ0n) is 4.70. The van der Waals surface area contributed by atoms with Crippen molar-refractivity contribution in [2.75, 3.05) is 0 Å². The Morgan fingerprint density at radius 2 is 2.33 bits per heavy atom. The Morgan fingerprint density at radius 3 is 2.67 bits per heavy atom. The summed E-state index contributed by atoms with van der Waals surface area (Å²) in [5.41, 5.74) is 4.73. The largest absolute Gasteiger partial charge is 0.502 e. The van der Waals surface area contributed by atoms with Crippen LogP contribution in [0.3, 0.4) is 0 Å². The van der Waals surface area contributed by atoms with Gasteiger partial charge in [-0.15, -0.1) is 0 Å². The van der Waals surface area contributed by atoms with Gasteiger partial charge in [0, 0.05) is 6.42 Å². The molecule has 0 spiro atoms. The third-order valence-corrected chi connectivity index (χ3v) is 0.741. The molecular weight excluding hydrogens is 138 g/mol. The fraction of sp³-hybridized carbons (Fsp3) is 0.200. The van der Waals surface area contributed by atoms with E-state index in [4.69, 9.17) is 10.8 Å². The van der Waals surface area contributed by atoms with Crippen LogP contribution in [0.2, 0.25) is 0 Å². The number of primary amides is 1. The number of nitrogens with two attached hydrogens (primary N) is 1. The summed E-state index contributed by atoms with van der Waals surface area (Å²) in [7, 11) is 0. The average Bonchev–Trinajstić information content (AvgIpc) is 1.63. The van der Waals surface area contributed by atoms with Crippen LogP contribution in [-0.2, 0) is 4.79 Å². The van der Waals surface area contributed by atoms with Crippen LogP contribution in [0.4, 0.5) is 0 Å². The Hall–Kier alpha value is -0.900. The second kappa shape index (κ2) is 4.03. The first-order valence-corrected chi connectivity index (χ1v) is 2.71. The number of hydrogen-bond acceptors (Lipinski definition) is 2. The zero-order chi connectivity index (χ0) is 7.28. The number of aliphatic hydroxyl groups is 1. The van der Waals surface area contributed by atoms with Gasteiger partial charge < -0.3 is 10.8 Å². The predicted molar refractivity (Wildman–Crippen MR) is 38.2 cm³/mol. The van der Waals surface area contributed by atoms with Gasteiger partial charge in [0.05, 0.1) is 0 Å². The maximum Gasteiger partial charge on any atom is 0.241 e. The van der Waals surface area contributed by atoms with Crippen molar-refractivity contribution in [1.29, 1.82) is 0 Å². The van der Waals surface area contributed by atoms with E-state index in [0.29, 0.717) is 0 Å². The molecule has 0 saturated carbocycles. The van der Waals surface area contributed by atoms with Crippen molar-refractivity contribution in [2.45, 2.75) is 6.42 Å².